The smallest absolute Gasteiger partial charge is 0.213 e. The Kier molecular flexibility index (Phi) is 4.55. The number of hydrogen-bond donors (Lipinski definition) is 1. The molecule has 80 valence electrons. The van der Waals surface area contributed by atoms with Crippen LogP contribution in [-0.4, -0.2) is 35.9 Å². The van der Waals surface area contributed by atoms with E-state index in [9.17, 15) is 0 Å². The molecule has 1 rings (SSSR count). The predicted octanol–water partition coefficient (Wildman–Crippen LogP) is 0.625. The predicted molar refractivity (Wildman–Crippen MR) is 51.9 cm³/mol. The summed E-state index contributed by atoms with van der Waals surface area (Å²) in [5.41, 5.74) is 0. The highest BCUT2D eigenvalue weighted by Gasteiger charge is 2.09. The average molecular weight is 199 g/mol. The Morgan fingerprint density at radius 1 is 1.57 bits per heavy atom. The van der Waals surface area contributed by atoms with Crippen molar-refractivity contribution in [3.8, 4) is 0 Å². The molecule has 1 aromatic heterocycles. The van der Waals surface area contributed by atoms with Crippen LogP contribution in [0.15, 0.2) is 10.9 Å². The molecule has 0 saturated carbocycles. The van der Waals surface area contributed by atoms with Gasteiger partial charge in [0, 0.05) is 26.1 Å². The van der Waals surface area contributed by atoms with E-state index in [1.54, 1.807) is 7.11 Å². The van der Waals surface area contributed by atoms with E-state index in [1.807, 2.05) is 6.92 Å². The highest BCUT2D eigenvalue weighted by atomic mass is 16.5. The van der Waals surface area contributed by atoms with E-state index in [2.05, 4.69) is 26.9 Å². The highest BCUT2D eigenvalue weighted by molar-refractivity contribution is 4.80. The van der Waals surface area contributed by atoms with Crippen LogP contribution in [0.1, 0.15) is 19.7 Å². The number of methoxy groups -OCH3 is 1. The van der Waals surface area contributed by atoms with Gasteiger partial charge in [-0.15, -0.1) is 0 Å². The average Bonchev–Trinajstić information content (AvgIpc) is 2.69. The number of rotatable bonds is 6. The third kappa shape index (κ3) is 3.43. The molecular formula is C9H17N3O2. The molecule has 0 spiro atoms. The summed E-state index contributed by atoms with van der Waals surface area (Å²) in [6, 6.07) is 0.326. The minimum Gasteiger partial charge on any atom is -0.380 e. The lowest BCUT2D eigenvalue weighted by Gasteiger charge is -2.19. The van der Waals surface area contributed by atoms with Crippen molar-refractivity contribution in [1.82, 2.24) is 15.5 Å². The second-order valence-electron chi connectivity index (χ2n) is 3.28. The summed E-state index contributed by atoms with van der Waals surface area (Å²) in [6.45, 7) is 4.95. The number of nitrogens with one attached hydrogen (secondary N) is 1. The lowest BCUT2D eigenvalue weighted by molar-refractivity contribution is 0.0889. The molecular weight excluding hydrogens is 182 g/mol. The summed E-state index contributed by atoms with van der Waals surface area (Å²) in [7, 11) is 1.71. The fraction of sp³-hybridized carbons (Fsp3) is 0.778. The minimum atomic E-state index is 0.209. The van der Waals surface area contributed by atoms with Gasteiger partial charge in [-0.25, -0.2) is 0 Å². The Labute approximate surface area is 83.8 Å². The maximum absolute atomic E-state index is 5.19. The van der Waals surface area contributed by atoms with Gasteiger partial charge in [0.25, 0.3) is 0 Å². The van der Waals surface area contributed by atoms with Crippen LogP contribution >= 0.6 is 0 Å². The molecule has 1 N–H and O–H groups in total. The second-order valence-corrected chi connectivity index (χ2v) is 3.28. The van der Waals surface area contributed by atoms with Crippen molar-refractivity contribution < 1.29 is 9.26 Å². The molecule has 0 aliphatic carbocycles. The van der Waals surface area contributed by atoms with E-state index in [4.69, 9.17) is 4.74 Å². The van der Waals surface area contributed by atoms with Gasteiger partial charge < -0.3 is 14.6 Å². The summed E-state index contributed by atoms with van der Waals surface area (Å²) in [6.07, 6.45) is 2.33. The van der Waals surface area contributed by atoms with E-state index in [0.717, 1.165) is 18.8 Å². The van der Waals surface area contributed by atoms with Crippen molar-refractivity contribution in [2.75, 3.05) is 13.7 Å². The molecule has 0 saturated heterocycles. The molecule has 14 heavy (non-hydrogen) atoms. The largest absolute Gasteiger partial charge is 0.380 e. The maximum Gasteiger partial charge on any atom is 0.213 e. The standard InChI is InChI=1S/C9H17N3O2/c1-7(8(2)13-3)10-5-4-9-11-6-14-12-9/h6-8,10H,4-5H2,1-3H3. The van der Waals surface area contributed by atoms with Crippen LogP contribution in [0.4, 0.5) is 0 Å². The van der Waals surface area contributed by atoms with Gasteiger partial charge in [0.05, 0.1) is 6.10 Å². The van der Waals surface area contributed by atoms with Crippen LogP contribution in [0.25, 0.3) is 0 Å². The van der Waals surface area contributed by atoms with Gasteiger partial charge in [0.1, 0.15) is 0 Å². The quantitative estimate of drug-likeness (QED) is 0.728. The summed E-state index contributed by atoms with van der Waals surface area (Å²) < 4.78 is 9.81. The molecule has 1 aromatic rings. The summed E-state index contributed by atoms with van der Waals surface area (Å²) >= 11 is 0. The van der Waals surface area contributed by atoms with Crippen LogP contribution in [0, 0.1) is 0 Å². The lowest BCUT2D eigenvalue weighted by atomic mass is 10.2. The van der Waals surface area contributed by atoms with Gasteiger partial charge in [-0.2, -0.15) is 4.98 Å². The highest BCUT2D eigenvalue weighted by Crippen LogP contribution is 1.96. The van der Waals surface area contributed by atoms with E-state index < -0.39 is 0 Å². The molecule has 0 aliphatic heterocycles. The lowest BCUT2D eigenvalue weighted by Crippen LogP contribution is -2.37. The number of ether oxygens (including phenoxy) is 1. The molecule has 0 aliphatic rings. The Morgan fingerprint density at radius 2 is 2.36 bits per heavy atom. The molecule has 2 atom stereocenters. The van der Waals surface area contributed by atoms with Crippen molar-refractivity contribution in [2.45, 2.75) is 32.4 Å². The third-order valence-electron chi connectivity index (χ3n) is 2.30. The molecule has 0 amide bonds. The zero-order chi connectivity index (χ0) is 10.4. The first-order chi connectivity index (χ1) is 6.74. The van der Waals surface area contributed by atoms with Crippen molar-refractivity contribution in [3.05, 3.63) is 12.2 Å². The first-order valence-electron chi connectivity index (χ1n) is 4.75. The second kappa shape index (κ2) is 5.72. The Hall–Kier alpha value is -0.940. The SMILES string of the molecule is COC(C)C(C)NCCc1ncon1. The fourth-order valence-electron chi connectivity index (χ4n) is 1.08. The number of nitrogens with zero attached hydrogens (tertiary/aromatic N) is 2. The molecule has 5 heteroatoms. The molecule has 0 bridgehead atoms. The van der Waals surface area contributed by atoms with Gasteiger partial charge in [0.15, 0.2) is 5.82 Å². The van der Waals surface area contributed by atoms with Crippen LogP contribution in [0.5, 0.6) is 0 Å². The van der Waals surface area contributed by atoms with Crippen molar-refractivity contribution in [3.63, 3.8) is 0 Å². The Balaban J connectivity index is 2.15. The molecule has 2 unspecified atom stereocenters. The van der Waals surface area contributed by atoms with E-state index >= 15 is 0 Å². The number of hydrogen-bond acceptors (Lipinski definition) is 5. The van der Waals surface area contributed by atoms with Crippen molar-refractivity contribution in [2.24, 2.45) is 0 Å². The molecule has 0 aromatic carbocycles. The maximum atomic E-state index is 5.19. The first-order valence-corrected chi connectivity index (χ1v) is 4.75. The first kappa shape index (κ1) is 11.1. The minimum absolute atomic E-state index is 0.209. The Bertz CT molecular complexity index is 238. The third-order valence-corrected chi connectivity index (χ3v) is 2.30. The zero-order valence-electron chi connectivity index (χ0n) is 8.86. The van der Waals surface area contributed by atoms with Gasteiger partial charge in [-0.3, -0.25) is 0 Å². The fourth-order valence-corrected chi connectivity index (χ4v) is 1.08. The monoisotopic (exact) mass is 199 g/mol. The summed E-state index contributed by atoms with van der Waals surface area (Å²) in [4.78, 5) is 3.93. The Morgan fingerprint density at radius 3 is 2.93 bits per heavy atom. The van der Waals surface area contributed by atoms with Crippen molar-refractivity contribution >= 4 is 0 Å². The van der Waals surface area contributed by atoms with E-state index in [1.165, 1.54) is 6.39 Å². The zero-order valence-corrected chi connectivity index (χ0v) is 8.86. The van der Waals surface area contributed by atoms with Crippen LogP contribution < -0.4 is 5.32 Å². The van der Waals surface area contributed by atoms with Crippen LogP contribution in [-0.2, 0) is 11.2 Å². The number of aromatic nitrogens is 2. The van der Waals surface area contributed by atoms with Gasteiger partial charge in [-0.05, 0) is 13.8 Å². The summed E-state index contributed by atoms with van der Waals surface area (Å²) in [5.74, 6) is 0.731. The van der Waals surface area contributed by atoms with Gasteiger partial charge in [0.2, 0.25) is 6.39 Å². The van der Waals surface area contributed by atoms with E-state index in [0.29, 0.717) is 6.04 Å². The van der Waals surface area contributed by atoms with Crippen molar-refractivity contribution in [1.29, 1.82) is 0 Å². The molecule has 0 fully saturated rings. The van der Waals surface area contributed by atoms with E-state index in [-0.39, 0.29) is 6.10 Å². The normalized spacial score (nSPS) is 15.4. The topological polar surface area (TPSA) is 60.2 Å². The van der Waals surface area contributed by atoms with Gasteiger partial charge in [-0.1, -0.05) is 5.16 Å². The van der Waals surface area contributed by atoms with Gasteiger partial charge >= 0.3 is 0 Å². The van der Waals surface area contributed by atoms with Crippen LogP contribution in [0.3, 0.4) is 0 Å². The molecule has 0 radical (unpaired) electrons. The molecule has 5 nitrogen and oxygen atoms in total. The van der Waals surface area contributed by atoms with Crippen LogP contribution in [0.2, 0.25) is 0 Å². The molecule has 1 heterocycles. The summed E-state index contributed by atoms with van der Waals surface area (Å²) in [5, 5.41) is 7.05.